The van der Waals surface area contributed by atoms with E-state index in [9.17, 15) is 19.7 Å². The predicted molar refractivity (Wildman–Crippen MR) is 116 cm³/mol. The summed E-state index contributed by atoms with van der Waals surface area (Å²) in [7, 11) is 0. The van der Waals surface area contributed by atoms with Crippen LogP contribution in [0.4, 0.5) is 16.5 Å². The van der Waals surface area contributed by atoms with Crippen molar-refractivity contribution in [2.75, 3.05) is 23.3 Å². The predicted octanol–water partition coefficient (Wildman–Crippen LogP) is 3.53. The summed E-state index contributed by atoms with van der Waals surface area (Å²) in [4.78, 5) is 38.4. The number of amides is 1. The Labute approximate surface area is 181 Å². The minimum absolute atomic E-state index is 0.146. The van der Waals surface area contributed by atoms with Gasteiger partial charge in [-0.1, -0.05) is 41.7 Å². The summed E-state index contributed by atoms with van der Waals surface area (Å²) in [6.45, 7) is 0.937. The summed E-state index contributed by atoms with van der Waals surface area (Å²) in [5.41, 5.74) is 2.51. The monoisotopic (exact) mass is 437 g/mol. The molecule has 0 radical (unpaired) electrons. The second kappa shape index (κ2) is 9.00. The first kappa shape index (κ1) is 20.6. The smallest absolute Gasteiger partial charge is 0.293 e. The van der Waals surface area contributed by atoms with E-state index in [1.807, 2.05) is 4.90 Å². The first-order valence-electron chi connectivity index (χ1n) is 9.73. The van der Waals surface area contributed by atoms with Crippen molar-refractivity contribution in [1.82, 2.24) is 10.2 Å². The number of nitro benzene ring substituents is 1. The molecule has 1 aliphatic rings. The molecule has 1 amide bonds. The van der Waals surface area contributed by atoms with Gasteiger partial charge in [0.2, 0.25) is 11.0 Å². The van der Waals surface area contributed by atoms with E-state index in [-0.39, 0.29) is 28.9 Å². The van der Waals surface area contributed by atoms with E-state index >= 15 is 0 Å². The second-order valence-corrected chi connectivity index (χ2v) is 8.01. The Morgan fingerprint density at radius 3 is 2.68 bits per heavy atom. The molecule has 2 aromatic carbocycles. The van der Waals surface area contributed by atoms with Gasteiger partial charge in [0, 0.05) is 30.3 Å². The van der Waals surface area contributed by atoms with Gasteiger partial charge in [-0.05, 0) is 25.0 Å². The Morgan fingerprint density at radius 1 is 1.16 bits per heavy atom. The number of hydrogen-bond acceptors (Lipinski definition) is 8. The first-order valence-corrected chi connectivity index (χ1v) is 10.6. The highest BCUT2D eigenvalue weighted by Crippen LogP contribution is 2.33. The van der Waals surface area contributed by atoms with E-state index in [4.69, 9.17) is 0 Å². The van der Waals surface area contributed by atoms with Crippen LogP contribution in [-0.4, -0.2) is 39.9 Å². The molecule has 31 heavy (non-hydrogen) atoms. The Kier molecular flexibility index (Phi) is 5.99. The number of nitrogens with zero attached hydrogens (tertiary/aromatic N) is 4. The number of aromatic nitrogens is 2. The van der Waals surface area contributed by atoms with Crippen molar-refractivity contribution < 1.29 is 14.5 Å². The van der Waals surface area contributed by atoms with Crippen molar-refractivity contribution in [3.63, 3.8) is 0 Å². The topological polar surface area (TPSA) is 118 Å². The van der Waals surface area contributed by atoms with Crippen LogP contribution in [0, 0.1) is 16.0 Å². The Balaban J connectivity index is 1.56. The van der Waals surface area contributed by atoms with Crippen molar-refractivity contribution >= 4 is 39.5 Å². The summed E-state index contributed by atoms with van der Waals surface area (Å²) >= 11 is 1.23. The molecule has 158 valence electrons. The molecule has 0 aliphatic carbocycles. The molecule has 0 spiro atoms. The number of carbonyl (C=O) groups is 2. The molecule has 0 unspecified atom stereocenters. The van der Waals surface area contributed by atoms with Gasteiger partial charge in [0.15, 0.2) is 5.78 Å². The number of benzene rings is 2. The lowest BCUT2D eigenvalue weighted by atomic mass is 9.96. The first-order chi connectivity index (χ1) is 15.0. The van der Waals surface area contributed by atoms with E-state index < -0.39 is 4.92 Å². The third-order valence-corrected chi connectivity index (χ3v) is 5.80. The zero-order valence-corrected chi connectivity index (χ0v) is 17.2. The molecule has 2 heterocycles. The summed E-state index contributed by atoms with van der Waals surface area (Å²) < 4.78 is 0. The average molecular weight is 437 g/mol. The molecule has 1 atom stereocenters. The van der Waals surface area contributed by atoms with Crippen LogP contribution in [0.2, 0.25) is 0 Å². The molecule has 9 nitrogen and oxygen atoms in total. The number of ketones is 1. The molecule has 0 bridgehead atoms. The molecule has 1 aliphatic heterocycles. The summed E-state index contributed by atoms with van der Waals surface area (Å²) in [6.07, 6.45) is 1.40. The van der Waals surface area contributed by atoms with Gasteiger partial charge in [-0.3, -0.25) is 19.7 Å². The lowest BCUT2D eigenvalue weighted by molar-refractivity contribution is -0.384. The largest absolute Gasteiger partial charge is 0.365 e. The van der Waals surface area contributed by atoms with Crippen molar-refractivity contribution in [3.05, 3.63) is 75.3 Å². The van der Waals surface area contributed by atoms with Crippen LogP contribution in [-0.2, 0) is 4.79 Å². The van der Waals surface area contributed by atoms with Gasteiger partial charge in [0.1, 0.15) is 11.2 Å². The third-order valence-electron chi connectivity index (χ3n) is 5.19. The van der Waals surface area contributed by atoms with Gasteiger partial charge >= 0.3 is 0 Å². The zero-order chi connectivity index (χ0) is 21.8. The number of anilines is 2. The van der Waals surface area contributed by atoms with E-state index in [1.165, 1.54) is 22.9 Å². The maximum Gasteiger partial charge on any atom is 0.293 e. The number of carbonyl (C=O) groups excluding carboxylic acids is 2. The third kappa shape index (κ3) is 4.58. The molecule has 4 rings (SSSR count). The van der Waals surface area contributed by atoms with Gasteiger partial charge in [0.05, 0.1) is 10.8 Å². The fourth-order valence-corrected chi connectivity index (χ4v) is 4.13. The number of piperidine rings is 1. The number of hydrogen-bond donors (Lipinski definition) is 1. The van der Waals surface area contributed by atoms with Gasteiger partial charge in [-0.25, -0.2) is 0 Å². The van der Waals surface area contributed by atoms with E-state index in [1.54, 1.807) is 42.5 Å². The minimum atomic E-state index is -0.484. The van der Waals surface area contributed by atoms with Crippen LogP contribution in [0.25, 0.3) is 0 Å². The van der Waals surface area contributed by atoms with E-state index in [0.717, 1.165) is 6.42 Å². The zero-order valence-electron chi connectivity index (χ0n) is 16.4. The summed E-state index contributed by atoms with van der Waals surface area (Å²) in [6, 6.07) is 13.2. The minimum Gasteiger partial charge on any atom is -0.365 e. The van der Waals surface area contributed by atoms with Gasteiger partial charge < -0.3 is 10.2 Å². The number of rotatable bonds is 6. The Morgan fingerprint density at radius 2 is 1.97 bits per heavy atom. The molecule has 3 aromatic rings. The number of nitrogens with one attached hydrogen (secondary N) is 1. The van der Waals surface area contributed by atoms with Crippen LogP contribution >= 0.6 is 11.3 Å². The second-order valence-electron chi connectivity index (χ2n) is 7.17. The maximum atomic E-state index is 12.7. The SMILES string of the molecule is O=C(c1ccccc1)c1ccc(N2CCC[C@H](C(=O)Nc3nncs3)C2)c([N+](=O)[O-])c1. The molecule has 1 aromatic heterocycles. The molecule has 1 N–H and O–H groups in total. The summed E-state index contributed by atoms with van der Waals surface area (Å²) in [5.74, 6) is -0.786. The van der Waals surface area contributed by atoms with Gasteiger partial charge in [-0.2, -0.15) is 0 Å². The maximum absolute atomic E-state index is 12.7. The fraction of sp³-hybridized carbons (Fsp3) is 0.238. The summed E-state index contributed by atoms with van der Waals surface area (Å²) in [5, 5.41) is 22.5. The standard InChI is InChI=1S/C21H19N5O4S/c27-19(14-5-2-1-3-6-14)15-8-9-17(18(11-15)26(29)30)25-10-4-7-16(12-25)20(28)23-21-24-22-13-31-21/h1-3,5-6,8-9,11,13,16H,4,7,10,12H2,(H,23,24,28)/t16-/m0/s1. The molecule has 0 saturated carbocycles. The normalized spacial score (nSPS) is 16.0. The Bertz CT molecular complexity index is 1100. The van der Waals surface area contributed by atoms with Crippen LogP contribution < -0.4 is 10.2 Å². The van der Waals surface area contributed by atoms with Crippen molar-refractivity contribution in [1.29, 1.82) is 0 Å². The molecule has 10 heteroatoms. The van der Waals surface area contributed by atoms with E-state index in [0.29, 0.717) is 35.9 Å². The molecular formula is C21H19N5O4S. The highest BCUT2D eigenvalue weighted by atomic mass is 32.1. The lowest BCUT2D eigenvalue weighted by Crippen LogP contribution is -2.41. The molecule has 1 fully saturated rings. The van der Waals surface area contributed by atoms with Crippen LogP contribution in [0.5, 0.6) is 0 Å². The van der Waals surface area contributed by atoms with Crippen LogP contribution in [0.15, 0.2) is 54.0 Å². The Hall–Kier alpha value is -3.66. The van der Waals surface area contributed by atoms with E-state index in [2.05, 4.69) is 15.5 Å². The average Bonchev–Trinajstić information content (AvgIpc) is 3.32. The van der Waals surface area contributed by atoms with Crippen molar-refractivity contribution in [3.8, 4) is 0 Å². The lowest BCUT2D eigenvalue weighted by Gasteiger charge is -2.33. The molecular weight excluding hydrogens is 418 g/mol. The number of nitro groups is 1. The quantitative estimate of drug-likeness (QED) is 0.356. The van der Waals surface area contributed by atoms with Gasteiger partial charge in [0.25, 0.3) is 5.69 Å². The van der Waals surface area contributed by atoms with Crippen LogP contribution in [0.3, 0.4) is 0 Å². The van der Waals surface area contributed by atoms with Crippen molar-refractivity contribution in [2.45, 2.75) is 12.8 Å². The van der Waals surface area contributed by atoms with Gasteiger partial charge in [-0.15, -0.1) is 10.2 Å². The molecule has 1 saturated heterocycles. The highest BCUT2D eigenvalue weighted by molar-refractivity contribution is 7.13. The fourth-order valence-electron chi connectivity index (χ4n) is 3.68. The van der Waals surface area contributed by atoms with Crippen molar-refractivity contribution in [2.24, 2.45) is 5.92 Å². The van der Waals surface area contributed by atoms with Crippen LogP contribution in [0.1, 0.15) is 28.8 Å². The highest BCUT2D eigenvalue weighted by Gasteiger charge is 2.30.